The first-order valence-corrected chi connectivity index (χ1v) is 13.6. The molecule has 1 saturated carbocycles. The van der Waals surface area contributed by atoms with Crippen molar-refractivity contribution in [2.45, 2.75) is 45.2 Å². The lowest BCUT2D eigenvalue weighted by molar-refractivity contribution is -0.131. The van der Waals surface area contributed by atoms with E-state index in [1.54, 1.807) is 16.8 Å². The molecule has 194 valence electrons. The van der Waals surface area contributed by atoms with Crippen LogP contribution >= 0.6 is 0 Å². The van der Waals surface area contributed by atoms with E-state index in [2.05, 4.69) is 4.90 Å². The molecule has 3 aliphatic rings. The highest BCUT2D eigenvalue weighted by atomic mass is 19.1. The van der Waals surface area contributed by atoms with Crippen LogP contribution in [0.25, 0.3) is 22.5 Å². The molecule has 1 aromatic heterocycles. The van der Waals surface area contributed by atoms with Gasteiger partial charge in [0, 0.05) is 37.7 Å². The third-order valence-corrected chi connectivity index (χ3v) is 8.04. The minimum absolute atomic E-state index is 0.0798. The molecule has 0 N–H and O–H groups in total. The summed E-state index contributed by atoms with van der Waals surface area (Å²) in [6, 6.07) is 14.4. The Kier molecular flexibility index (Phi) is 6.67. The molecule has 6 rings (SSSR count). The number of halogens is 1. The Morgan fingerprint density at radius 3 is 2.19 bits per heavy atom. The third kappa shape index (κ3) is 5.25. The van der Waals surface area contributed by atoms with Crippen LogP contribution in [0, 0.1) is 17.7 Å². The van der Waals surface area contributed by atoms with Crippen molar-refractivity contribution in [3.63, 3.8) is 0 Å². The molecule has 1 unspecified atom stereocenters. The molecule has 2 aromatic carbocycles. The zero-order valence-corrected chi connectivity index (χ0v) is 21.2. The van der Waals surface area contributed by atoms with Crippen LogP contribution in [0.2, 0.25) is 0 Å². The summed E-state index contributed by atoms with van der Waals surface area (Å²) in [6.45, 7) is 5.62. The molecule has 3 fully saturated rings. The highest BCUT2D eigenvalue weighted by molar-refractivity contribution is 5.81. The fraction of sp³-hybridized carbons (Fsp3) is 0.483. The monoisotopic (exact) mass is 503 g/mol. The first kappa shape index (κ1) is 24.1. The Labute approximate surface area is 216 Å². The maximum absolute atomic E-state index is 13.5. The normalized spacial score (nSPS) is 20.1. The number of benzene rings is 2. The number of aromatic nitrogens is 3. The van der Waals surface area contributed by atoms with E-state index in [1.165, 1.54) is 25.0 Å². The van der Waals surface area contributed by atoms with E-state index >= 15 is 0 Å². The van der Waals surface area contributed by atoms with Gasteiger partial charge in [-0.1, -0.05) is 36.4 Å². The topological polar surface area (TPSA) is 63.4 Å². The Balaban J connectivity index is 1.25. The number of carbonyl (C=O) groups is 1. The lowest BCUT2D eigenvalue weighted by atomic mass is 10.0. The van der Waals surface area contributed by atoms with Crippen molar-refractivity contribution in [1.29, 1.82) is 0 Å². The fourth-order valence-corrected chi connectivity index (χ4v) is 5.69. The lowest BCUT2D eigenvalue weighted by Gasteiger charge is -2.16. The maximum atomic E-state index is 13.5. The molecule has 0 bridgehead atoms. The van der Waals surface area contributed by atoms with Crippen LogP contribution in [0.1, 0.15) is 32.1 Å². The van der Waals surface area contributed by atoms with E-state index in [0.717, 1.165) is 62.1 Å². The summed E-state index contributed by atoms with van der Waals surface area (Å²) >= 11 is 0. The summed E-state index contributed by atoms with van der Waals surface area (Å²) < 4.78 is 16.8. The van der Waals surface area contributed by atoms with Gasteiger partial charge in [0.25, 0.3) is 0 Å². The van der Waals surface area contributed by atoms with Gasteiger partial charge in [-0.15, -0.1) is 5.10 Å². The van der Waals surface area contributed by atoms with E-state index in [9.17, 15) is 14.0 Å². The summed E-state index contributed by atoms with van der Waals surface area (Å²) in [4.78, 5) is 30.5. The number of carbonyl (C=O) groups excluding carboxylic acids is 1. The molecule has 0 radical (unpaired) electrons. The van der Waals surface area contributed by atoms with Gasteiger partial charge in [0.2, 0.25) is 5.91 Å². The number of nitrogens with zero attached hydrogens (tertiary/aromatic N) is 5. The van der Waals surface area contributed by atoms with Crippen LogP contribution in [-0.4, -0.2) is 62.8 Å². The van der Waals surface area contributed by atoms with Crippen LogP contribution in [-0.2, 0) is 17.9 Å². The molecule has 2 aliphatic heterocycles. The SMILES string of the molecule is O=C(C1CC1)N1CCC(Cn2c(-c3ccc(-c4ccc(F)cc4)cc3)nn(CCN3CCCC3)c2=O)C1. The van der Waals surface area contributed by atoms with E-state index in [0.29, 0.717) is 25.5 Å². The average molecular weight is 504 g/mol. The number of hydrogen-bond donors (Lipinski definition) is 0. The van der Waals surface area contributed by atoms with Gasteiger partial charge in [-0.25, -0.2) is 13.9 Å². The van der Waals surface area contributed by atoms with Gasteiger partial charge in [-0.3, -0.25) is 9.36 Å². The number of rotatable bonds is 8. The average Bonchev–Trinajstić information content (AvgIpc) is 3.29. The van der Waals surface area contributed by atoms with E-state index in [-0.39, 0.29) is 29.2 Å². The summed E-state index contributed by atoms with van der Waals surface area (Å²) in [5.41, 5.74) is 2.72. The molecular weight excluding hydrogens is 469 g/mol. The predicted octanol–water partition coefficient (Wildman–Crippen LogP) is 3.87. The number of amides is 1. The third-order valence-electron chi connectivity index (χ3n) is 8.04. The second-order valence-corrected chi connectivity index (χ2v) is 10.8. The van der Waals surface area contributed by atoms with Crippen LogP contribution in [0.5, 0.6) is 0 Å². The summed E-state index contributed by atoms with van der Waals surface area (Å²) in [6.07, 6.45) is 5.37. The standard InChI is InChI=1S/C29H34FN5O2/c30-26-11-9-23(10-12-26)22-3-5-24(6-4-22)27-31-35(18-17-32-14-1-2-15-32)29(37)34(27)20-21-13-16-33(19-21)28(36)25-7-8-25/h3-6,9-12,21,25H,1-2,7-8,13-20H2. The quantitative estimate of drug-likeness (QED) is 0.468. The zero-order valence-electron chi connectivity index (χ0n) is 21.2. The molecule has 7 nitrogen and oxygen atoms in total. The number of hydrogen-bond acceptors (Lipinski definition) is 4. The molecule has 3 aromatic rings. The van der Waals surface area contributed by atoms with Gasteiger partial charge in [0.05, 0.1) is 6.54 Å². The van der Waals surface area contributed by atoms with E-state index in [1.807, 2.05) is 33.7 Å². The summed E-state index contributed by atoms with van der Waals surface area (Å²) in [7, 11) is 0. The van der Waals surface area contributed by atoms with Crippen LogP contribution in [0.4, 0.5) is 4.39 Å². The second-order valence-electron chi connectivity index (χ2n) is 10.8. The second kappa shape index (κ2) is 10.2. The predicted molar refractivity (Wildman–Crippen MR) is 140 cm³/mol. The first-order chi connectivity index (χ1) is 18.0. The van der Waals surface area contributed by atoms with Gasteiger partial charge in [0.15, 0.2) is 5.82 Å². The van der Waals surface area contributed by atoms with Crippen molar-refractivity contribution < 1.29 is 9.18 Å². The Morgan fingerprint density at radius 1 is 0.865 bits per heavy atom. The van der Waals surface area contributed by atoms with Crippen molar-refractivity contribution in [1.82, 2.24) is 24.1 Å². The van der Waals surface area contributed by atoms with Crippen molar-refractivity contribution in [2.24, 2.45) is 11.8 Å². The molecule has 37 heavy (non-hydrogen) atoms. The minimum atomic E-state index is -0.256. The summed E-state index contributed by atoms with van der Waals surface area (Å²) in [5, 5.41) is 4.80. The largest absolute Gasteiger partial charge is 0.346 e. The Hall–Kier alpha value is -3.26. The van der Waals surface area contributed by atoms with E-state index < -0.39 is 0 Å². The fourth-order valence-electron chi connectivity index (χ4n) is 5.69. The van der Waals surface area contributed by atoms with Crippen molar-refractivity contribution in [3.05, 3.63) is 64.8 Å². The molecule has 8 heteroatoms. The van der Waals surface area contributed by atoms with Gasteiger partial charge in [0.1, 0.15) is 5.82 Å². The lowest BCUT2D eigenvalue weighted by Crippen LogP contribution is -2.33. The molecular formula is C29H34FN5O2. The Bertz CT molecular complexity index is 1300. The zero-order chi connectivity index (χ0) is 25.4. The number of likely N-dealkylation sites (tertiary alicyclic amines) is 2. The van der Waals surface area contributed by atoms with Crippen molar-refractivity contribution in [3.8, 4) is 22.5 Å². The van der Waals surface area contributed by atoms with Gasteiger partial charge in [-0.2, -0.15) is 0 Å². The molecule has 3 heterocycles. The van der Waals surface area contributed by atoms with Crippen molar-refractivity contribution in [2.75, 3.05) is 32.7 Å². The Morgan fingerprint density at radius 2 is 1.51 bits per heavy atom. The van der Waals surface area contributed by atoms with Crippen LogP contribution in [0.15, 0.2) is 53.3 Å². The molecule has 1 aliphatic carbocycles. The molecule has 1 atom stereocenters. The molecule has 1 amide bonds. The summed E-state index contributed by atoms with van der Waals surface area (Å²) in [5.74, 6) is 1.17. The van der Waals surface area contributed by atoms with Crippen LogP contribution < -0.4 is 5.69 Å². The minimum Gasteiger partial charge on any atom is -0.342 e. The van der Waals surface area contributed by atoms with Crippen LogP contribution in [0.3, 0.4) is 0 Å². The maximum Gasteiger partial charge on any atom is 0.346 e. The highest BCUT2D eigenvalue weighted by Crippen LogP contribution is 2.33. The van der Waals surface area contributed by atoms with Crippen molar-refractivity contribution >= 4 is 5.91 Å². The van der Waals surface area contributed by atoms with E-state index in [4.69, 9.17) is 5.10 Å². The van der Waals surface area contributed by atoms with Gasteiger partial charge >= 0.3 is 5.69 Å². The highest BCUT2D eigenvalue weighted by Gasteiger charge is 2.37. The smallest absolute Gasteiger partial charge is 0.342 e. The molecule has 0 spiro atoms. The van der Waals surface area contributed by atoms with Gasteiger partial charge in [-0.05, 0) is 74.4 Å². The first-order valence-electron chi connectivity index (χ1n) is 13.6. The van der Waals surface area contributed by atoms with Gasteiger partial charge < -0.3 is 9.80 Å². The molecule has 2 saturated heterocycles.